The molecule has 3 N–H and O–H groups in total. The number of nitrogens with one attached hydrogen (secondary N) is 1. The maximum absolute atomic E-state index is 12.1. The summed E-state index contributed by atoms with van der Waals surface area (Å²) >= 11 is 1.27. The summed E-state index contributed by atoms with van der Waals surface area (Å²) in [6, 6.07) is 10.0. The van der Waals surface area contributed by atoms with E-state index in [0.717, 1.165) is 23.6 Å². The molecule has 0 unspecified atom stereocenters. The van der Waals surface area contributed by atoms with E-state index in [1.165, 1.54) is 11.8 Å². The van der Waals surface area contributed by atoms with Crippen LogP contribution in [-0.4, -0.2) is 34.2 Å². The SMILES string of the molecule is CCN(c1ccc(NC(=O)CSc2nc(C)cc(N)n2)cc1)C(C)C. The monoisotopic (exact) mass is 359 g/mol. The van der Waals surface area contributed by atoms with Crippen molar-refractivity contribution in [1.29, 1.82) is 0 Å². The Kier molecular flexibility index (Phi) is 6.64. The zero-order valence-electron chi connectivity index (χ0n) is 15.1. The molecule has 7 heteroatoms. The third-order valence-electron chi connectivity index (χ3n) is 3.63. The summed E-state index contributed by atoms with van der Waals surface area (Å²) in [7, 11) is 0. The number of carbonyl (C=O) groups is 1. The van der Waals surface area contributed by atoms with Crippen LogP contribution in [-0.2, 0) is 4.79 Å². The molecule has 0 spiro atoms. The average Bonchev–Trinajstić information content (AvgIpc) is 2.54. The molecule has 1 heterocycles. The lowest BCUT2D eigenvalue weighted by Gasteiger charge is -2.27. The lowest BCUT2D eigenvalue weighted by Crippen LogP contribution is -2.30. The number of nitrogens with zero attached hydrogens (tertiary/aromatic N) is 3. The van der Waals surface area contributed by atoms with Crippen molar-refractivity contribution in [2.24, 2.45) is 0 Å². The van der Waals surface area contributed by atoms with Gasteiger partial charge in [0.05, 0.1) is 5.75 Å². The van der Waals surface area contributed by atoms with Gasteiger partial charge in [-0.15, -0.1) is 0 Å². The van der Waals surface area contributed by atoms with Gasteiger partial charge in [0.15, 0.2) is 5.16 Å². The van der Waals surface area contributed by atoms with E-state index in [0.29, 0.717) is 17.0 Å². The normalized spacial score (nSPS) is 10.8. The first-order valence-electron chi connectivity index (χ1n) is 8.29. The number of aromatic nitrogens is 2. The highest BCUT2D eigenvalue weighted by atomic mass is 32.2. The molecule has 6 nitrogen and oxygen atoms in total. The lowest BCUT2D eigenvalue weighted by molar-refractivity contribution is -0.113. The second-order valence-corrected chi connectivity index (χ2v) is 6.92. The maximum atomic E-state index is 12.1. The predicted molar refractivity (Wildman–Crippen MR) is 105 cm³/mol. The summed E-state index contributed by atoms with van der Waals surface area (Å²) in [6.07, 6.45) is 0. The molecule has 0 aliphatic carbocycles. The molecule has 0 aliphatic heterocycles. The fraction of sp³-hybridized carbons (Fsp3) is 0.389. The molecular formula is C18H25N5OS. The van der Waals surface area contributed by atoms with Gasteiger partial charge < -0.3 is 16.0 Å². The lowest BCUT2D eigenvalue weighted by atomic mass is 10.2. The van der Waals surface area contributed by atoms with Gasteiger partial charge in [-0.05, 0) is 52.0 Å². The first-order valence-corrected chi connectivity index (χ1v) is 9.28. The topological polar surface area (TPSA) is 84.1 Å². The van der Waals surface area contributed by atoms with Crippen molar-refractivity contribution in [3.63, 3.8) is 0 Å². The van der Waals surface area contributed by atoms with Gasteiger partial charge in [0, 0.05) is 35.7 Å². The van der Waals surface area contributed by atoms with Gasteiger partial charge in [-0.2, -0.15) is 0 Å². The second kappa shape index (κ2) is 8.71. The average molecular weight is 359 g/mol. The molecule has 134 valence electrons. The molecule has 0 saturated carbocycles. The van der Waals surface area contributed by atoms with Gasteiger partial charge in [-0.25, -0.2) is 9.97 Å². The minimum absolute atomic E-state index is 0.0994. The Balaban J connectivity index is 1.92. The summed E-state index contributed by atoms with van der Waals surface area (Å²) in [5.74, 6) is 0.548. The van der Waals surface area contributed by atoms with E-state index < -0.39 is 0 Å². The van der Waals surface area contributed by atoms with Crippen LogP contribution >= 0.6 is 11.8 Å². The summed E-state index contributed by atoms with van der Waals surface area (Å²) in [6.45, 7) is 9.25. The van der Waals surface area contributed by atoms with Gasteiger partial charge >= 0.3 is 0 Å². The fourth-order valence-corrected chi connectivity index (χ4v) is 3.25. The summed E-state index contributed by atoms with van der Waals surface area (Å²) < 4.78 is 0. The quantitative estimate of drug-likeness (QED) is 0.583. The summed E-state index contributed by atoms with van der Waals surface area (Å²) in [4.78, 5) is 22.8. The standard InChI is InChI=1S/C18H25N5OS/c1-5-23(12(2)3)15-8-6-14(7-9-15)21-17(24)11-25-18-20-13(4)10-16(19)22-18/h6-10,12H,5,11H2,1-4H3,(H,21,24)(H2,19,20,22). The van der Waals surface area contributed by atoms with Crippen molar-refractivity contribution in [2.45, 2.75) is 38.9 Å². The van der Waals surface area contributed by atoms with E-state index in [4.69, 9.17) is 5.73 Å². The molecule has 25 heavy (non-hydrogen) atoms. The number of aryl methyl sites for hydroxylation is 1. The Morgan fingerprint density at radius 1 is 1.28 bits per heavy atom. The van der Waals surface area contributed by atoms with Gasteiger partial charge in [0.2, 0.25) is 5.91 Å². The molecule has 0 atom stereocenters. The highest BCUT2D eigenvalue weighted by Gasteiger charge is 2.10. The number of rotatable bonds is 7. The van der Waals surface area contributed by atoms with Gasteiger partial charge in [-0.3, -0.25) is 4.79 Å². The maximum Gasteiger partial charge on any atom is 0.234 e. The number of carbonyl (C=O) groups excluding carboxylic acids is 1. The van der Waals surface area contributed by atoms with Crippen molar-refractivity contribution >= 4 is 34.9 Å². The summed E-state index contributed by atoms with van der Waals surface area (Å²) in [5.41, 5.74) is 8.40. The molecule has 0 aliphatic rings. The molecule has 1 aromatic carbocycles. The molecular weight excluding hydrogens is 334 g/mol. The fourth-order valence-electron chi connectivity index (χ4n) is 2.54. The molecule has 0 fully saturated rings. The van der Waals surface area contributed by atoms with Gasteiger partial charge in [0.25, 0.3) is 0 Å². The Bertz CT molecular complexity index is 698. The number of anilines is 3. The molecule has 2 rings (SSSR count). The largest absolute Gasteiger partial charge is 0.384 e. The van der Waals surface area contributed by atoms with E-state index in [-0.39, 0.29) is 11.7 Å². The van der Waals surface area contributed by atoms with Crippen LogP contribution in [0.4, 0.5) is 17.2 Å². The van der Waals surface area contributed by atoms with E-state index in [1.54, 1.807) is 6.07 Å². The highest BCUT2D eigenvalue weighted by molar-refractivity contribution is 7.99. The minimum Gasteiger partial charge on any atom is -0.384 e. The number of hydrogen-bond acceptors (Lipinski definition) is 6. The van der Waals surface area contributed by atoms with Crippen LogP contribution in [0.1, 0.15) is 26.5 Å². The minimum atomic E-state index is -0.0994. The third kappa shape index (κ3) is 5.63. The Labute approximate surface area is 153 Å². The molecule has 1 aromatic heterocycles. The van der Waals surface area contributed by atoms with Crippen molar-refractivity contribution in [3.8, 4) is 0 Å². The van der Waals surface area contributed by atoms with Crippen LogP contribution in [0.15, 0.2) is 35.5 Å². The summed E-state index contributed by atoms with van der Waals surface area (Å²) in [5, 5.41) is 3.40. The number of benzene rings is 1. The van der Waals surface area contributed by atoms with Crippen molar-refractivity contribution in [3.05, 3.63) is 36.0 Å². The Morgan fingerprint density at radius 2 is 1.96 bits per heavy atom. The first kappa shape index (κ1) is 19.1. The van der Waals surface area contributed by atoms with Crippen LogP contribution in [0.2, 0.25) is 0 Å². The van der Waals surface area contributed by atoms with Crippen molar-refractivity contribution in [1.82, 2.24) is 9.97 Å². The highest BCUT2D eigenvalue weighted by Crippen LogP contribution is 2.20. The van der Waals surface area contributed by atoms with Crippen LogP contribution in [0.3, 0.4) is 0 Å². The van der Waals surface area contributed by atoms with Crippen LogP contribution in [0, 0.1) is 6.92 Å². The molecule has 0 bridgehead atoms. The van der Waals surface area contributed by atoms with E-state index in [2.05, 4.69) is 41.0 Å². The number of thioether (sulfide) groups is 1. The van der Waals surface area contributed by atoms with Gasteiger partial charge in [-0.1, -0.05) is 11.8 Å². The molecule has 1 amide bonds. The third-order valence-corrected chi connectivity index (χ3v) is 4.48. The van der Waals surface area contributed by atoms with E-state index in [1.807, 2.05) is 31.2 Å². The number of nitrogen functional groups attached to an aromatic ring is 1. The smallest absolute Gasteiger partial charge is 0.234 e. The number of nitrogens with two attached hydrogens (primary N) is 1. The number of amides is 1. The van der Waals surface area contributed by atoms with Crippen LogP contribution in [0.5, 0.6) is 0 Å². The first-order chi connectivity index (χ1) is 11.9. The van der Waals surface area contributed by atoms with Crippen LogP contribution in [0.25, 0.3) is 0 Å². The van der Waals surface area contributed by atoms with E-state index >= 15 is 0 Å². The van der Waals surface area contributed by atoms with Crippen LogP contribution < -0.4 is 16.0 Å². The van der Waals surface area contributed by atoms with Crippen molar-refractivity contribution in [2.75, 3.05) is 28.2 Å². The Morgan fingerprint density at radius 3 is 2.52 bits per heavy atom. The molecule has 2 aromatic rings. The Hall–Kier alpha value is -2.28. The molecule has 0 radical (unpaired) electrons. The predicted octanol–water partition coefficient (Wildman–Crippen LogP) is 3.33. The number of hydrogen-bond donors (Lipinski definition) is 2. The zero-order valence-corrected chi connectivity index (χ0v) is 15.9. The molecule has 0 saturated heterocycles. The zero-order chi connectivity index (χ0) is 18.4. The second-order valence-electron chi connectivity index (χ2n) is 5.98. The van der Waals surface area contributed by atoms with Crippen molar-refractivity contribution < 1.29 is 4.79 Å². The van der Waals surface area contributed by atoms with Gasteiger partial charge in [0.1, 0.15) is 5.82 Å². The van der Waals surface area contributed by atoms with E-state index in [9.17, 15) is 4.79 Å².